The van der Waals surface area contributed by atoms with E-state index in [-0.39, 0.29) is 23.0 Å². The van der Waals surface area contributed by atoms with Gasteiger partial charge in [0, 0.05) is 18.7 Å². The number of carbonyl (C=O) groups excluding carboxylic acids is 3. The molecular weight excluding hydrogens is 366 g/mol. The number of halogens is 1. The van der Waals surface area contributed by atoms with E-state index in [2.05, 4.69) is 5.32 Å². The third-order valence-corrected chi connectivity index (χ3v) is 3.35. The van der Waals surface area contributed by atoms with Crippen LogP contribution in [0.3, 0.4) is 0 Å². The van der Waals surface area contributed by atoms with Crippen molar-refractivity contribution in [3.05, 3.63) is 38.9 Å². The molecule has 142 valence electrons. The van der Waals surface area contributed by atoms with Gasteiger partial charge in [-0.2, -0.15) is 0 Å². The third kappa shape index (κ3) is 6.67. The maximum absolute atomic E-state index is 11.9. The highest BCUT2D eigenvalue weighted by Gasteiger charge is 2.20. The van der Waals surface area contributed by atoms with Crippen LogP contribution in [0.5, 0.6) is 0 Å². The normalized spacial score (nSPS) is 10.8. The van der Waals surface area contributed by atoms with Gasteiger partial charge in [-0.3, -0.25) is 19.7 Å². The SMILES string of the molecule is CN(CC(=O)NC(C)(C)C)C(=O)COC(=O)c1ccc(Cl)c([N+](=O)[O-])c1. The fourth-order valence-electron chi connectivity index (χ4n) is 1.86. The largest absolute Gasteiger partial charge is 0.452 e. The average molecular weight is 386 g/mol. The van der Waals surface area contributed by atoms with Gasteiger partial charge in [0.05, 0.1) is 17.0 Å². The van der Waals surface area contributed by atoms with Crippen LogP contribution in [0.2, 0.25) is 5.02 Å². The number of amides is 2. The predicted molar refractivity (Wildman–Crippen MR) is 93.9 cm³/mol. The molecule has 0 heterocycles. The van der Waals surface area contributed by atoms with Crippen molar-refractivity contribution in [1.29, 1.82) is 0 Å². The predicted octanol–water partition coefficient (Wildman–Crippen LogP) is 1.78. The molecule has 1 rings (SSSR count). The number of hydrogen-bond acceptors (Lipinski definition) is 6. The van der Waals surface area contributed by atoms with Gasteiger partial charge < -0.3 is 15.0 Å². The van der Waals surface area contributed by atoms with E-state index in [4.69, 9.17) is 16.3 Å². The van der Waals surface area contributed by atoms with E-state index >= 15 is 0 Å². The monoisotopic (exact) mass is 385 g/mol. The minimum atomic E-state index is -0.911. The van der Waals surface area contributed by atoms with Crippen molar-refractivity contribution >= 4 is 35.1 Å². The number of ether oxygens (including phenoxy) is 1. The molecule has 0 aromatic heterocycles. The molecule has 10 heteroatoms. The molecule has 0 radical (unpaired) electrons. The second-order valence-electron chi connectivity index (χ2n) is 6.55. The summed E-state index contributed by atoms with van der Waals surface area (Å²) in [4.78, 5) is 46.9. The highest BCUT2D eigenvalue weighted by Crippen LogP contribution is 2.25. The molecular formula is C16H20ClN3O6. The topological polar surface area (TPSA) is 119 Å². The first-order valence-corrected chi connectivity index (χ1v) is 7.94. The fourth-order valence-corrected chi connectivity index (χ4v) is 2.05. The Kier molecular flexibility index (Phi) is 7.08. The van der Waals surface area contributed by atoms with Gasteiger partial charge in [0.25, 0.3) is 11.6 Å². The molecule has 1 aromatic rings. The van der Waals surface area contributed by atoms with Crippen molar-refractivity contribution in [2.45, 2.75) is 26.3 Å². The Bertz CT molecular complexity index is 729. The zero-order valence-corrected chi connectivity index (χ0v) is 15.6. The van der Waals surface area contributed by atoms with Crippen LogP contribution in [0.4, 0.5) is 5.69 Å². The number of benzene rings is 1. The summed E-state index contributed by atoms with van der Waals surface area (Å²) in [5.74, 6) is -1.86. The van der Waals surface area contributed by atoms with Crippen molar-refractivity contribution in [3.8, 4) is 0 Å². The maximum atomic E-state index is 11.9. The Morgan fingerprint density at radius 3 is 2.46 bits per heavy atom. The second-order valence-corrected chi connectivity index (χ2v) is 6.95. The molecule has 1 aromatic carbocycles. The smallest absolute Gasteiger partial charge is 0.338 e. The van der Waals surface area contributed by atoms with Gasteiger partial charge in [-0.15, -0.1) is 0 Å². The molecule has 0 aliphatic heterocycles. The molecule has 1 N–H and O–H groups in total. The fraction of sp³-hybridized carbons (Fsp3) is 0.438. The van der Waals surface area contributed by atoms with E-state index in [1.807, 2.05) is 0 Å². The van der Waals surface area contributed by atoms with Crippen molar-refractivity contribution in [3.63, 3.8) is 0 Å². The number of nitro benzene ring substituents is 1. The first-order valence-electron chi connectivity index (χ1n) is 7.57. The highest BCUT2D eigenvalue weighted by atomic mass is 35.5. The lowest BCUT2D eigenvalue weighted by atomic mass is 10.1. The van der Waals surface area contributed by atoms with Crippen LogP contribution in [-0.2, 0) is 14.3 Å². The highest BCUT2D eigenvalue weighted by molar-refractivity contribution is 6.32. The lowest BCUT2D eigenvalue weighted by Crippen LogP contribution is -2.46. The zero-order valence-electron chi connectivity index (χ0n) is 14.9. The number of likely N-dealkylation sites (N-methyl/N-ethyl adjacent to an activating group) is 1. The summed E-state index contributed by atoms with van der Waals surface area (Å²) in [6.45, 7) is 4.62. The van der Waals surface area contributed by atoms with Crippen LogP contribution in [0, 0.1) is 10.1 Å². The molecule has 2 amide bonds. The lowest BCUT2D eigenvalue weighted by molar-refractivity contribution is -0.384. The number of rotatable bonds is 6. The molecule has 0 aliphatic rings. The number of esters is 1. The summed E-state index contributed by atoms with van der Waals surface area (Å²) >= 11 is 5.67. The summed E-state index contributed by atoms with van der Waals surface area (Å²) in [7, 11) is 1.39. The third-order valence-electron chi connectivity index (χ3n) is 3.03. The molecule has 26 heavy (non-hydrogen) atoms. The van der Waals surface area contributed by atoms with Gasteiger partial charge in [0.15, 0.2) is 6.61 Å². The summed E-state index contributed by atoms with van der Waals surface area (Å²) in [5.41, 5.74) is -0.984. The van der Waals surface area contributed by atoms with Crippen LogP contribution < -0.4 is 5.32 Å². The maximum Gasteiger partial charge on any atom is 0.338 e. The quantitative estimate of drug-likeness (QED) is 0.453. The first kappa shape index (κ1) is 21.4. The molecule has 0 atom stereocenters. The summed E-state index contributed by atoms with van der Waals surface area (Å²) in [6.07, 6.45) is 0. The van der Waals surface area contributed by atoms with E-state index in [0.29, 0.717) is 0 Å². The summed E-state index contributed by atoms with van der Waals surface area (Å²) < 4.78 is 4.84. The molecule has 0 fully saturated rings. The molecule has 0 spiro atoms. The molecule has 0 saturated heterocycles. The Morgan fingerprint density at radius 2 is 1.92 bits per heavy atom. The van der Waals surface area contributed by atoms with Gasteiger partial charge in [-0.1, -0.05) is 11.6 Å². The van der Waals surface area contributed by atoms with Crippen LogP contribution >= 0.6 is 11.6 Å². The second kappa shape index (κ2) is 8.61. The Morgan fingerprint density at radius 1 is 1.31 bits per heavy atom. The van der Waals surface area contributed by atoms with E-state index in [1.165, 1.54) is 19.2 Å². The molecule has 0 bridgehead atoms. The molecule has 9 nitrogen and oxygen atoms in total. The van der Waals surface area contributed by atoms with E-state index in [9.17, 15) is 24.5 Å². The standard InChI is InChI=1S/C16H20ClN3O6/c1-16(2,3)18-13(21)8-19(4)14(22)9-26-15(23)10-5-6-11(17)12(7-10)20(24)25/h5-7H,8-9H2,1-4H3,(H,18,21). The van der Waals surface area contributed by atoms with Gasteiger partial charge in [0.1, 0.15) is 5.02 Å². The number of nitro groups is 1. The average Bonchev–Trinajstić information content (AvgIpc) is 2.50. The Labute approximate surface area is 155 Å². The van der Waals surface area contributed by atoms with Gasteiger partial charge in [-0.25, -0.2) is 4.79 Å². The van der Waals surface area contributed by atoms with Crippen molar-refractivity contribution < 1.29 is 24.0 Å². The van der Waals surface area contributed by atoms with Crippen molar-refractivity contribution in [1.82, 2.24) is 10.2 Å². The number of hydrogen-bond donors (Lipinski definition) is 1. The van der Waals surface area contributed by atoms with E-state index < -0.39 is 34.6 Å². The van der Waals surface area contributed by atoms with Gasteiger partial charge in [0.2, 0.25) is 5.91 Å². The Balaban J connectivity index is 2.61. The van der Waals surface area contributed by atoms with Crippen LogP contribution in [0.15, 0.2) is 18.2 Å². The van der Waals surface area contributed by atoms with Crippen molar-refractivity contribution in [2.24, 2.45) is 0 Å². The summed E-state index contributed by atoms with van der Waals surface area (Å²) in [6, 6.07) is 3.42. The lowest BCUT2D eigenvalue weighted by Gasteiger charge is -2.23. The first-order chi connectivity index (χ1) is 11.9. The number of carbonyl (C=O) groups is 3. The molecule has 0 unspecified atom stereocenters. The zero-order chi connectivity index (χ0) is 20.1. The van der Waals surface area contributed by atoms with Gasteiger partial charge >= 0.3 is 5.97 Å². The van der Waals surface area contributed by atoms with Crippen LogP contribution in [0.1, 0.15) is 31.1 Å². The molecule has 0 aliphatic carbocycles. The van der Waals surface area contributed by atoms with E-state index in [0.717, 1.165) is 11.0 Å². The van der Waals surface area contributed by atoms with Gasteiger partial charge in [-0.05, 0) is 32.9 Å². The minimum Gasteiger partial charge on any atom is -0.452 e. The van der Waals surface area contributed by atoms with Crippen molar-refractivity contribution in [2.75, 3.05) is 20.2 Å². The van der Waals surface area contributed by atoms with Crippen LogP contribution in [-0.4, -0.2) is 53.3 Å². The number of nitrogens with one attached hydrogen (secondary N) is 1. The Hall–Kier alpha value is -2.68. The summed E-state index contributed by atoms with van der Waals surface area (Å²) in [5, 5.41) is 13.4. The number of nitrogens with zero attached hydrogens (tertiary/aromatic N) is 2. The molecule has 0 saturated carbocycles. The minimum absolute atomic E-state index is 0.109. The van der Waals surface area contributed by atoms with E-state index in [1.54, 1.807) is 20.8 Å². The van der Waals surface area contributed by atoms with Crippen LogP contribution in [0.25, 0.3) is 0 Å².